The van der Waals surface area contributed by atoms with Crippen molar-refractivity contribution in [2.75, 3.05) is 6.61 Å². The molecule has 0 saturated carbocycles. The Morgan fingerprint density at radius 2 is 1.12 bits per heavy atom. The number of hydrogen-bond acceptors (Lipinski definition) is 2. The summed E-state index contributed by atoms with van der Waals surface area (Å²) >= 11 is 0. The van der Waals surface area contributed by atoms with Crippen LogP contribution in [0.2, 0.25) is 44.4 Å². The van der Waals surface area contributed by atoms with E-state index in [4.69, 9.17) is 10.00 Å². The van der Waals surface area contributed by atoms with Crippen molar-refractivity contribution in [3.63, 3.8) is 0 Å². The average molecular weight is 494 g/mol. The minimum absolute atomic E-state index is 0.692. The number of ether oxygens (including phenoxy) is 1. The molecule has 0 saturated heterocycles. The van der Waals surface area contributed by atoms with Gasteiger partial charge in [0.05, 0.1) is 18.2 Å². The highest BCUT2D eigenvalue weighted by Gasteiger charge is 2.27. The van der Waals surface area contributed by atoms with Gasteiger partial charge in [0, 0.05) is 16.1 Å². The molecule has 0 aliphatic carbocycles. The van der Waals surface area contributed by atoms with Crippen molar-refractivity contribution in [1.82, 2.24) is 0 Å². The predicted molar refractivity (Wildman–Crippen MR) is 154 cm³/mol. The molecule has 0 amide bonds. The second kappa shape index (κ2) is 14.5. The fraction of sp³-hybridized carbons (Fsp3) is 0.567. The third-order valence-corrected chi connectivity index (χ3v) is 16.3. The molecule has 0 aromatic heterocycles. The summed E-state index contributed by atoms with van der Waals surface area (Å²) in [6.45, 7) is 13.6. The molecule has 34 heavy (non-hydrogen) atoms. The predicted octanol–water partition coefficient (Wildman–Crippen LogP) is 9.70. The highest BCUT2D eigenvalue weighted by Crippen LogP contribution is 2.26. The van der Waals surface area contributed by atoms with Gasteiger partial charge in [0.15, 0.2) is 0 Å². The van der Waals surface area contributed by atoms with Crippen molar-refractivity contribution in [2.45, 2.75) is 102 Å². The molecule has 0 N–H and O–H groups in total. The normalized spacial score (nSPS) is 11.9. The van der Waals surface area contributed by atoms with E-state index in [1.807, 2.05) is 36.4 Å². The third kappa shape index (κ3) is 12.0. The molecular weight excluding hydrogens is 447 g/mol. The second-order valence-corrected chi connectivity index (χ2v) is 23.3. The first-order valence-corrected chi connectivity index (χ1v) is 20.5. The van der Waals surface area contributed by atoms with Crippen LogP contribution in [0.1, 0.15) is 63.4 Å². The van der Waals surface area contributed by atoms with Crippen LogP contribution in [0.25, 0.3) is 11.1 Å². The van der Waals surface area contributed by atoms with Gasteiger partial charge in [0.25, 0.3) is 0 Å². The maximum absolute atomic E-state index is 8.92. The first-order chi connectivity index (χ1) is 16.2. The van der Waals surface area contributed by atoms with E-state index < -0.39 is 16.1 Å². The lowest BCUT2D eigenvalue weighted by Crippen LogP contribution is -2.37. The van der Waals surface area contributed by atoms with E-state index in [0.717, 1.165) is 29.9 Å². The van der Waals surface area contributed by atoms with E-state index in [1.54, 1.807) is 5.67 Å². The SMILES string of the molecule is C[Si](C)(C)C[Si](C)(C)CCCCCCCCCCCOc1ccc(-c2ccc(C#N)cc2)cc1. The monoisotopic (exact) mass is 493 g/mol. The van der Waals surface area contributed by atoms with Crippen molar-refractivity contribution >= 4 is 16.1 Å². The van der Waals surface area contributed by atoms with Gasteiger partial charge in [-0.05, 0) is 41.8 Å². The van der Waals surface area contributed by atoms with Crippen molar-refractivity contribution in [3.8, 4) is 22.9 Å². The Balaban J connectivity index is 1.46. The quantitative estimate of drug-likeness (QED) is 0.172. The molecule has 2 aromatic carbocycles. The maximum Gasteiger partial charge on any atom is 0.119 e. The van der Waals surface area contributed by atoms with Crippen molar-refractivity contribution in [1.29, 1.82) is 5.26 Å². The molecule has 0 spiro atoms. The van der Waals surface area contributed by atoms with Crippen molar-refractivity contribution in [2.24, 2.45) is 0 Å². The molecule has 0 fully saturated rings. The number of nitriles is 1. The number of nitrogens with zero attached hydrogens (tertiary/aromatic N) is 1. The topological polar surface area (TPSA) is 33.0 Å². The van der Waals surface area contributed by atoms with Crippen LogP contribution >= 0.6 is 0 Å². The largest absolute Gasteiger partial charge is 0.494 e. The highest BCUT2D eigenvalue weighted by atomic mass is 28.4. The fourth-order valence-electron chi connectivity index (χ4n) is 5.14. The van der Waals surface area contributed by atoms with E-state index in [9.17, 15) is 0 Å². The van der Waals surface area contributed by atoms with Crippen molar-refractivity contribution in [3.05, 3.63) is 54.1 Å². The lowest BCUT2D eigenvalue weighted by molar-refractivity contribution is 0.304. The van der Waals surface area contributed by atoms with Crippen LogP contribution in [0.5, 0.6) is 5.75 Å². The van der Waals surface area contributed by atoms with Crippen LogP contribution < -0.4 is 4.74 Å². The third-order valence-electron chi connectivity index (χ3n) is 6.48. The van der Waals surface area contributed by atoms with E-state index in [-0.39, 0.29) is 0 Å². The van der Waals surface area contributed by atoms with Crippen LogP contribution in [0.15, 0.2) is 48.5 Å². The van der Waals surface area contributed by atoms with Gasteiger partial charge in [-0.25, -0.2) is 0 Å². The number of unbranched alkanes of at least 4 members (excludes halogenated alkanes) is 8. The molecule has 0 aliphatic rings. The van der Waals surface area contributed by atoms with Gasteiger partial charge >= 0.3 is 0 Å². The van der Waals surface area contributed by atoms with Gasteiger partial charge in [0.2, 0.25) is 0 Å². The van der Waals surface area contributed by atoms with Gasteiger partial charge in [-0.2, -0.15) is 5.26 Å². The van der Waals surface area contributed by atoms with Crippen molar-refractivity contribution < 1.29 is 4.74 Å². The summed E-state index contributed by atoms with van der Waals surface area (Å²) in [6, 6.07) is 19.7. The molecular formula is C30H47NOSi2. The molecule has 2 rings (SSSR count). The highest BCUT2D eigenvalue weighted by molar-refractivity contribution is 6.94. The van der Waals surface area contributed by atoms with E-state index in [1.165, 1.54) is 57.4 Å². The molecule has 0 radical (unpaired) electrons. The molecule has 4 heteroatoms. The average Bonchev–Trinajstić information content (AvgIpc) is 2.78. The molecule has 0 bridgehead atoms. The van der Waals surface area contributed by atoms with E-state index >= 15 is 0 Å². The van der Waals surface area contributed by atoms with Crippen LogP contribution in [0.4, 0.5) is 0 Å². The Hall–Kier alpha value is -1.84. The Kier molecular flexibility index (Phi) is 12.1. The van der Waals surface area contributed by atoms with E-state index in [2.05, 4.69) is 50.9 Å². The summed E-state index contributed by atoms with van der Waals surface area (Å²) in [7, 11) is -1.82. The van der Waals surface area contributed by atoms with Crippen LogP contribution in [-0.2, 0) is 0 Å². The zero-order valence-corrected chi connectivity index (χ0v) is 24.5. The number of rotatable bonds is 16. The van der Waals surface area contributed by atoms with Crippen LogP contribution in [0, 0.1) is 11.3 Å². The zero-order valence-electron chi connectivity index (χ0n) is 22.5. The number of benzene rings is 2. The Bertz CT molecular complexity index is 861. The lowest BCUT2D eigenvalue weighted by Gasteiger charge is -2.29. The molecule has 186 valence electrons. The Morgan fingerprint density at radius 1 is 0.647 bits per heavy atom. The summed E-state index contributed by atoms with van der Waals surface area (Å²) in [5.74, 6) is 0.938. The molecule has 0 heterocycles. The maximum atomic E-state index is 8.92. The van der Waals surface area contributed by atoms with Gasteiger partial charge in [-0.3, -0.25) is 0 Å². The van der Waals surface area contributed by atoms with Crippen LogP contribution in [-0.4, -0.2) is 22.8 Å². The summed E-state index contributed by atoms with van der Waals surface area (Å²) < 4.78 is 5.93. The summed E-state index contributed by atoms with van der Waals surface area (Å²) in [6.07, 6.45) is 12.3. The van der Waals surface area contributed by atoms with Gasteiger partial charge in [0.1, 0.15) is 5.75 Å². The molecule has 0 atom stereocenters. The second-order valence-electron chi connectivity index (χ2n) is 11.9. The van der Waals surface area contributed by atoms with Gasteiger partial charge in [-0.1, -0.05) is 120 Å². The Morgan fingerprint density at radius 3 is 1.62 bits per heavy atom. The smallest absolute Gasteiger partial charge is 0.119 e. The first kappa shape index (κ1) is 28.4. The minimum Gasteiger partial charge on any atom is -0.494 e. The number of hydrogen-bond donors (Lipinski definition) is 0. The summed E-state index contributed by atoms with van der Waals surface area (Å²) in [4.78, 5) is 0. The Labute approximate surface area is 211 Å². The van der Waals surface area contributed by atoms with Gasteiger partial charge < -0.3 is 4.74 Å². The molecule has 0 unspecified atom stereocenters. The summed E-state index contributed by atoms with van der Waals surface area (Å²) in [5.41, 5.74) is 4.55. The standard InChI is InChI=1S/C30H47NOSi2/c1-33(2,3)26-34(4,5)24-14-12-10-8-6-7-9-11-13-23-32-30-21-19-29(20-22-30)28-17-15-27(25-31)16-18-28/h15-22H,6-14,23-24,26H2,1-5H3. The molecule has 0 aliphatic heterocycles. The van der Waals surface area contributed by atoms with Gasteiger partial charge in [-0.15, -0.1) is 0 Å². The first-order valence-electron chi connectivity index (χ1n) is 13.4. The molecule has 2 aromatic rings. The minimum atomic E-state index is -0.939. The van der Waals surface area contributed by atoms with E-state index in [0.29, 0.717) is 5.56 Å². The van der Waals surface area contributed by atoms with Crippen LogP contribution in [0.3, 0.4) is 0 Å². The zero-order chi connectivity index (χ0) is 24.9. The fourth-order valence-corrected chi connectivity index (χ4v) is 18.5. The molecule has 2 nitrogen and oxygen atoms in total. The summed E-state index contributed by atoms with van der Waals surface area (Å²) in [5, 5.41) is 8.92. The lowest BCUT2D eigenvalue weighted by atomic mass is 10.0.